The molecule has 7 heteroatoms. The Balaban J connectivity index is 1.75. The molecule has 1 unspecified atom stereocenters. The van der Waals surface area contributed by atoms with Crippen molar-refractivity contribution in [1.82, 2.24) is 0 Å². The molecule has 0 radical (unpaired) electrons. The first-order chi connectivity index (χ1) is 14.0. The highest BCUT2D eigenvalue weighted by Crippen LogP contribution is 2.33. The lowest BCUT2D eigenvalue weighted by atomic mass is 10.1. The van der Waals surface area contributed by atoms with Gasteiger partial charge >= 0.3 is 0 Å². The number of amides is 1. The van der Waals surface area contributed by atoms with Gasteiger partial charge in [-0.2, -0.15) is 5.26 Å². The third-order valence-electron chi connectivity index (χ3n) is 4.17. The zero-order chi connectivity index (χ0) is 20.8. The number of primary amides is 1. The molecule has 0 spiro atoms. The van der Waals surface area contributed by atoms with E-state index >= 15 is 0 Å². The van der Waals surface area contributed by atoms with Gasteiger partial charge in [0.2, 0.25) is 5.91 Å². The summed E-state index contributed by atoms with van der Waals surface area (Å²) in [4.78, 5) is 11.8. The number of hydrogen-bond donors (Lipinski definition) is 2. The number of nitriles is 1. The van der Waals surface area contributed by atoms with Crippen LogP contribution in [0.25, 0.3) is 0 Å². The normalized spacial score (nSPS) is 11.2. The minimum absolute atomic E-state index is 0.392. The summed E-state index contributed by atoms with van der Waals surface area (Å²) in [5.41, 5.74) is 7.14. The van der Waals surface area contributed by atoms with E-state index in [2.05, 4.69) is 5.32 Å². The molecule has 0 aliphatic rings. The van der Waals surface area contributed by atoms with Crippen LogP contribution in [0.2, 0.25) is 0 Å². The van der Waals surface area contributed by atoms with Crippen LogP contribution < -0.4 is 20.5 Å². The van der Waals surface area contributed by atoms with Crippen molar-refractivity contribution in [2.75, 3.05) is 12.4 Å². The standard InChI is InChI=1S/C22H18FN3O3/c1-28-20-12-14(13-24)2-11-19(20)29-18-9-7-17(8-10-18)26-21(22(25)27)15-3-5-16(23)6-4-15/h2-12,21,26H,1H3,(H2,25,27). The van der Waals surface area contributed by atoms with E-state index in [9.17, 15) is 9.18 Å². The summed E-state index contributed by atoms with van der Waals surface area (Å²) in [7, 11) is 1.50. The van der Waals surface area contributed by atoms with E-state index in [0.717, 1.165) is 0 Å². The number of benzene rings is 3. The van der Waals surface area contributed by atoms with E-state index in [1.54, 1.807) is 42.5 Å². The number of ether oxygens (including phenoxy) is 2. The molecule has 3 N–H and O–H groups in total. The molecule has 3 aromatic rings. The quantitative estimate of drug-likeness (QED) is 0.631. The number of rotatable bonds is 7. The van der Waals surface area contributed by atoms with E-state index in [0.29, 0.717) is 34.1 Å². The van der Waals surface area contributed by atoms with Crippen LogP contribution in [0.3, 0.4) is 0 Å². The Bertz CT molecular complexity index is 1040. The highest BCUT2D eigenvalue weighted by molar-refractivity contribution is 5.84. The molecular weight excluding hydrogens is 373 g/mol. The van der Waals surface area contributed by atoms with Crippen molar-refractivity contribution in [1.29, 1.82) is 5.26 Å². The van der Waals surface area contributed by atoms with Crippen molar-refractivity contribution >= 4 is 11.6 Å². The highest BCUT2D eigenvalue weighted by atomic mass is 19.1. The molecule has 3 aromatic carbocycles. The largest absolute Gasteiger partial charge is 0.493 e. The summed E-state index contributed by atoms with van der Waals surface area (Å²) < 4.78 is 24.2. The molecule has 29 heavy (non-hydrogen) atoms. The van der Waals surface area contributed by atoms with E-state index in [1.807, 2.05) is 6.07 Å². The van der Waals surface area contributed by atoms with Crippen molar-refractivity contribution in [2.45, 2.75) is 6.04 Å². The maximum atomic E-state index is 13.1. The first-order valence-corrected chi connectivity index (χ1v) is 8.67. The number of nitrogens with zero attached hydrogens (tertiary/aromatic N) is 1. The lowest BCUT2D eigenvalue weighted by molar-refractivity contribution is -0.118. The van der Waals surface area contributed by atoms with Crippen LogP contribution in [0.5, 0.6) is 17.2 Å². The van der Waals surface area contributed by atoms with Crippen LogP contribution in [0, 0.1) is 17.1 Å². The van der Waals surface area contributed by atoms with Gasteiger partial charge in [-0.15, -0.1) is 0 Å². The van der Waals surface area contributed by atoms with E-state index < -0.39 is 17.8 Å². The maximum absolute atomic E-state index is 13.1. The topological polar surface area (TPSA) is 97.4 Å². The van der Waals surface area contributed by atoms with Crippen molar-refractivity contribution in [3.63, 3.8) is 0 Å². The molecule has 0 saturated carbocycles. The predicted octanol–water partition coefficient (Wildman–Crippen LogP) is 4.14. The highest BCUT2D eigenvalue weighted by Gasteiger charge is 2.17. The van der Waals surface area contributed by atoms with Crippen LogP contribution in [-0.2, 0) is 4.79 Å². The number of halogens is 1. The Morgan fingerprint density at radius 2 is 1.76 bits per heavy atom. The predicted molar refractivity (Wildman–Crippen MR) is 106 cm³/mol. The maximum Gasteiger partial charge on any atom is 0.244 e. The zero-order valence-corrected chi connectivity index (χ0v) is 15.6. The van der Waals surface area contributed by atoms with Gasteiger partial charge in [0.15, 0.2) is 11.5 Å². The fourth-order valence-corrected chi connectivity index (χ4v) is 2.71. The molecule has 6 nitrogen and oxygen atoms in total. The molecule has 0 aliphatic heterocycles. The second-order valence-corrected chi connectivity index (χ2v) is 6.14. The van der Waals surface area contributed by atoms with Crippen molar-refractivity contribution in [2.24, 2.45) is 5.73 Å². The molecule has 0 heterocycles. The van der Waals surface area contributed by atoms with Gasteiger partial charge in [-0.25, -0.2) is 4.39 Å². The van der Waals surface area contributed by atoms with Crippen molar-refractivity contribution < 1.29 is 18.7 Å². The number of nitrogens with one attached hydrogen (secondary N) is 1. The molecule has 0 aromatic heterocycles. The summed E-state index contributed by atoms with van der Waals surface area (Å²) in [6.07, 6.45) is 0. The van der Waals surface area contributed by atoms with E-state index in [4.69, 9.17) is 20.5 Å². The smallest absolute Gasteiger partial charge is 0.244 e. The van der Waals surface area contributed by atoms with Gasteiger partial charge in [-0.05, 0) is 54.1 Å². The lowest BCUT2D eigenvalue weighted by Gasteiger charge is -2.17. The molecule has 0 saturated heterocycles. The minimum Gasteiger partial charge on any atom is -0.493 e. The monoisotopic (exact) mass is 391 g/mol. The number of anilines is 1. The molecule has 146 valence electrons. The lowest BCUT2D eigenvalue weighted by Crippen LogP contribution is -2.27. The van der Waals surface area contributed by atoms with Crippen LogP contribution in [0.15, 0.2) is 66.7 Å². The van der Waals surface area contributed by atoms with Gasteiger partial charge in [0.1, 0.15) is 17.6 Å². The van der Waals surface area contributed by atoms with E-state index in [-0.39, 0.29) is 0 Å². The van der Waals surface area contributed by atoms with Crippen LogP contribution in [0.1, 0.15) is 17.2 Å². The summed E-state index contributed by atoms with van der Waals surface area (Å²) in [5.74, 6) is 0.469. The number of carbonyl (C=O) groups excluding carboxylic acids is 1. The number of nitrogens with two attached hydrogens (primary N) is 1. The first-order valence-electron chi connectivity index (χ1n) is 8.67. The molecule has 0 aliphatic carbocycles. The fourth-order valence-electron chi connectivity index (χ4n) is 2.71. The summed E-state index contributed by atoms with van der Waals surface area (Å²) >= 11 is 0. The fraction of sp³-hybridized carbons (Fsp3) is 0.0909. The first kappa shape index (κ1) is 19.7. The SMILES string of the molecule is COc1cc(C#N)ccc1Oc1ccc(NC(C(N)=O)c2ccc(F)cc2)cc1. The number of carbonyl (C=O) groups is 1. The Morgan fingerprint density at radius 3 is 2.34 bits per heavy atom. The van der Waals surface area contributed by atoms with Crippen LogP contribution in [0.4, 0.5) is 10.1 Å². The van der Waals surface area contributed by atoms with Gasteiger partial charge < -0.3 is 20.5 Å². The van der Waals surface area contributed by atoms with Crippen molar-refractivity contribution in [3.8, 4) is 23.3 Å². The Labute approximate surface area is 167 Å². The summed E-state index contributed by atoms with van der Waals surface area (Å²) in [6, 6.07) is 18.5. The van der Waals surface area contributed by atoms with Gasteiger partial charge in [-0.3, -0.25) is 4.79 Å². The van der Waals surface area contributed by atoms with Crippen molar-refractivity contribution in [3.05, 3.63) is 83.7 Å². The average Bonchev–Trinajstić information content (AvgIpc) is 2.74. The minimum atomic E-state index is -0.805. The molecule has 0 fully saturated rings. The third-order valence-corrected chi connectivity index (χ3v) is 4.17. The molecule has 1 amide bonds. The van der Waals surface area contributed by atoms with Gasteiger partial charge in [0, 0.05) is 11.8 Å². The average molecular weight is 391 g/mol. The Hall–Kier alpha value is -4.05. The number of methoxy groups -OCH3 is 1. The zero-order valence-electron chi connectivity index (χ0n) is 15.6. The second kappa shape index (κ2) is 8.76. The van der Waals surface area contributed by atoms with Gasteiger partial charge in [0.25, 0.3) is 0 Å². The Kier molecular flexibility index (Phi) is 5.95. The van der Waals surface area contributed by atoms with Crippen LogP contribution >= 0.6 is 0 Å². The summed E-state index contributed by atoms with van der Waals surface area (Å²) in [6.45, 7) is 0. The van der Waals surface area contributed by atoms with Gasteiger partial charge in [-0.1, -0.05) is 12.1 Å². The molecular formula is C22H18FN3O3. The van der Waals surface area contributed by atoms with Crippen LogP contribution in [-0.4, -0.2) is 13.0 Å². The molecule has 0 bridgehead atoms. The second-order valence-electron chi connectivity index (χ2n) is 6.14. The van der Waals surface area contributed by atoms with Gasteiger partial charge in [0.05, 0.1) is 18.7 Å². The third kappa shape index (κ3) is 4.82. The molecule has 3 rings (SSSR count). The summed E-state index contributed by atoms with van der Waals surface area (Å²) in [5, 5.41) is 12.0. The molecule has 1 atom stereocenters. The van der Waals surface area contributed by atoms with E-state index in [1.165, 1.54) is 31.4 Å². The Morgan fingerprint density at radius 1 is 1.07 bits per heavy atom. The number of hydrogen-bond acceptors (Lipinski definition) is 5.